The van der Waals surface area contributed by atoms with E-state index in [0.29, 0.717) is 29.3 Å². The molecule has 0 spiro atoms. The molecule has 2 rings (SSSR count). The molecular formula is C13H16ClN3O3. The number of oxime groups is 1. The average molecular weight is 298 g/mol. The molecule has 1 heterocycles. The molecule has 2 unspecified atom stereocenters. The number of ether oxygens (including phenoxy) is 1. The van der Waals surface area contributed by atoms with Crippen LogP contribution >= 0.6 is 11.6 Å². The lowest BCUT2D eigenvalue weighted by molar-refractivity contribution is -0.121. The Morgan fingerprint density at radius 1 is 1.60 bits per heavy atom. The maximum Gasteiger partial charge on any atom is 0.230 e. The third-order valence-electron chi connectivity index (χ3n) is 3.34. The highest BCUT2D eigenvalue weighted by atomic mass is 35.5. The van der Waals surface area contributed by atoms with Gasteiger partial charge >= 0.3 is 0 Å². The Morgan fingerprint density at radius 3 is 2.95 bits per heavy atom. The van der Waals surface area contributed by atoms with Gasteiger partial charge in [0.25, 0.3) is 0 Å². The molecule has 1 aromatic carbocycles. The SMILES string of the molecule is CC1OCCC1C(=O)Nc1cc(/C(N)=N/O)ccc1Cl. The molecule has 1 aromatic rings. The van der Waals surface area contributed by atoms with Gasteiger partial charge in [-0.15, -0.1) is 0 Å². The molecule has 2 atom stereocenters. The number of nitrogens with one attached hydrogen (secondary N) is 1. The van der Waals surface area contributed by atoms with Crippen LogP contribution in [-0.4, -0.2) is 29.7 Å². The normalized spacial score (nSPS) is 22.8. The van der Waals surface area contributed by atoms with Crippen LogP contribution < -0.4 is 11.1 Å². The predicted molar refractivity (Wildman–Crippen MR) is 76.1 cm³/mol. The summed E-state index contributed by atoms with van der Waals surface area (Å²) in [6, 6.07) is 4.75. The fourth-order valence-electron chi connectivity index (χ4n) is 2.14. The molecule has 0 aromatic heterocycles. The summed E-state index contributed by atoms with van der Waals surface area (Å²) < 4.78 is 5.37. The van der Waals surface area contributed by atoms with E-state index in [-0.39, 0.29) is 23.8 Å². The standard InChI is InChI=1S/C13H16ClN3O3/c1-7-9(4-5-20-7)13(18)16-11-6-8(12(15)17-19)2-3-10(11)14/h2-3,6-7,9,19H,4-5H2,1H3,(H2,15,17)(H,16,18). The Labute approximate surface area is 121 Å². The number of amidine groups is 1. The fraction of sp³-hybridized carbons (Fsp3) is 0.385. The number of rotatable bonds is 3. The highest BCUT2D eigenvalue weighted by Crippen LogP contribution is 2.26. The van der Waals surface area contributed by atoms with E-state index in [4.69, 9.17) is 27.3 Å². The van der Waals surface area contributed by atoms with E-state index < -0.39 is 0 Å². The molecule has 108 valence electrons. The molecule has 1 aliphatic heterocycles. The van der Waals surface area contributed by atoms with Gasteiger partial charge in [0, 0.05) is 12.2 Å². The molecule has 1 fully saturated rings. The van der Waals surface area contributed by atoms with Gasteiger partial charge in [-0.05, 0) is 31.5 Å². The maximum absolute atomic E-state index is 12.2. The third kappa shape index (κ3) is 3.02. The van der Waals surface area contributed by atoms with Crippen molar-refractivity contribution in [2.24, 2.45) is 16.8 Å². The topological polar surface area (TPSA) is 96.9 Å². The zero-order chi connectivity index (χ0) is 14.7. The molecule has 20 heavy (non-hydrogen) atoms. The first kappa shape index (κ1) is 14.6. The summed E-state index contributed by atoms with van der Waals surface area (Å²) in [5.74, 6) is -0.387. The second-order valence-corrected chi connectivity index (χ2v) is 5.05. The number of nitrogens with two attached hydrogens (primary N) is 1. The second-order valence-electron chi connectivity index (χ2n) is 4.64. The first-order chi connectivity index (χ1) is 9.52. The molecule has 4 N–H and O–H groups in total. The van der Waals surface area contributed by atoms with Crippen LogP contribution in [0.15, 0.2) is 23.4 Å². The lowest BCUT2D eigenvalue weighted by Gasteiger charge is -2.15. The zero-order valence-electron chi connectivity index (χ0n) is 11.0. The Morgan fingerprint density at radius 2 is 2.35 bits per heavy atom. The van der Waals surface area contributed by atoms with E-state index in [1.165, 1.54) is 0 Å². The van der Waals surface area contributed by atoms with Gasteiger partial charge in [0.15, 0.2) is 5.84 Å². The minimum absolute atomic E-state index is 0.0465. The van der Waals surface area contributed by atoms with Crippen LogP contribution in [0.4, 0.5) is 5.69 Å². The fourth-order valence-corrected chi connectivity index (χ4v) is 2.30. The van der Waals surface area contributed by atoms with Crippen LogP contribution in [-0.2, 0) is 9.53 Å². The smallest absolute Gasteiger partial charge is 0.230 e. The largest absolute Gasteiger partial charge is 0.409 e. The average Bonchev–Trinajstić information content (AvgIpc) is 2.86. The van der Waals surface area contributed by atoms with E-state index in [2.05, 4.69) is 10.5 Å². The molecular weight excluding hydrogens is 282 g/mol. The number of carbonyl (C=O) groups excluding carboxylic acids is 1. The highest BCUT2D eigenvalue weighted by Gasteiger charge is 2.31. The van der Waals surface area contributed by atoms with Crippen LogP contribution in [0, 0.1) is 5.92 Å². The van der Waals surface area contributed by atoms with Gasteiger partial charge in [0.05, 0.1) is 22.7 Å². The summed E-state index contributed by atoms with van der Waals surface area (Å²) in [7, 11) is 0. The minimum Gasteiger partial charge on any atom is -0.409 e. The monoisotopic (exact) mass is 297 g/mol. The van der Waals surface area contributed by atoms with Gasteiger partial charge in [-0.3, -0.25) is 4.79 Å². The van der Waals surface area contributed by atoms with E-state index in [0.717, 1.165) is 0 Å². The number of nitrogens with zero attached hydrogens (tertiary/aromatic N) is 1. The third-order valence-corrected chi connectivity index (χ3v) is 3.67. The molecule has 1 aliphatic rings. The number of hydrogen-bond acceptors (Lipinski definition) is 4. The summed E-state index contributed by atoms with van der Waals surface area (Å²) in [5, 5.41) is 14.7. The second kappa shape index (κ2) is 6.11. The number of carbonyl (C=O) groups is 1. The van der Waals surface area contributed by atoms with Crippen molar-refractivity contribution in [3.63, 3.8) is 0 Å². The number of amides is 1. The Bertz CT molecular complexity index is 548. The van der Waals surface area contributed by atoms with Crippen molar-refractivity contribution in [1.82, 2.24) is 0 Å². The molecule has 7 heteroatoms. The van der Waals surface area contributed by atoms with Crippen molar-refractivity contribution in [2.45, 2.75) is 19.4 Å². The molecule has 1 saturated heterocycles. The summed E-state index contributed by atoms with van der Waals surface area (Å²) in [4.78, 5) is 12.2. The molecule has 0 aliphatic carbocycles. The van der Waals surface area contributed by atoms with Crippen molar-refractivity contribution in [1.29, 1.82) is 0 Å². The van der Waals surface area contributed by atoms with Gasteiger partial charge in [-0.25, -0.2) is 0 Å². The van der Waals surface area contributed by atoms with Gasteiger partial charge in [-0.1, -0.05) is 16.8 Å². The zero-order valence-corrected chi connectivity index (χ0v) is 11.7. The number of anilines is 1. The van der Waals surface area contributed by atoms with Crippen molar-refractivity contribution in [2.75, 3.05) is 11.9 Å². The summed E-state index contributed by atoms with van der Waals surface area (Å²) in [6.07, 6.45) is 0.575. The highest BCUT2D eigenvalue weighted by molar-refractivity contribution is 6.34. The van der Waals surface area contributed by atoms with Crippen molar-refractivity contribution in [3.05, 3.63) is 28.8 Å². The van der Waals surface area contributed by atoms with Crippen LogP contribution in [0.1, 0.15) is 18.9 Å². The molecule has 6 nitrogen and oxygen atoms in total. The van der Waals surface area contributed by atoms with Crippen LogP contribution in [0.5, 0.6) is 0 Å². The summed E-state index contributed by atoms with van der Waals surface area (Å²) in [6.45, 7) is 2.45. The van der Waals surface area contributed by atoms with E-state index in [1.54, 1.807) is 18.2 Å². The summed E-state index contributed by atoms with van der Waals surface area (Å²) in [5.41, 5.74) is 6.42. The lowest BCUT2D eigenvalue weighted by Crippen LogP contribution is -2.28. The van der Waals surface area contributed by atoms with Gasteiger partial charge in [0.2, 0.25) is 5.91 Å². The van der Waals surface area contributed by atoms with Gasteiger partial charge < -0.3 is 21.0 Å². The van der Waals surface area contributed by atoms with E-state index in [9.17, 15) is 4.79 Å². The van der Waals surface area contributed by atoms with Gasteiger partial charge in [-0.2, -0.15) is 0 Å². The predicted octanol–water partition coefficient (Wildman–Crippen LogP) is 1.80. The summed E-state index contributed by atoms with van der Waals surface area (Å²) >= 11 is 6.04. The van der Waals surface area contributed by atoms with Crippen molar-refractivity contribution >= 4 is 29.0 Å². The van der Waals surface area contributed by atoms with Gasteiger partial charge in [0.1, 0.15) is 0 Å². The lowest BCUT2D eigenvalue weighted by atomic mass is 10.0. The van der Waals surface area contributed by atoms with Crippen molar-refractivity contribution < 1.29 is 14.7 Å². The Hall–Kier alpha value is -1.79. The number of hydrogen-bond donors (Lipinski definition) is 3. The number of benzene rings is 1. The quantitative estimate of drug-likeness (QED) is 0.343. The first-order valence-electron chi connectivity index (χ1n) is 6.23. The molecule has 1 amide bonds. The van der Waals surface area contributed by atoms with Crippen LogP contribution in [0.25, 0.3) is 0 Å². The van der Waals surface area contributed by atoms with E-state index in [1.807, 2.05) is 6.92 Å². The van der Waals surface area contributed by atoms with Crippen LogP contribution in [0.2, 0.25) is 5.02 Å². The Kier molecular flexibility index (Phi) is 4.46. The molecule has 0 saturated carbocycles. The maximum atomic E-state index is 12.2. The molecule has 0 bridgehead atoms. The Balaban J connectivity index is 2.18. The minimum atomic E-state index is -0.196. The van der Waals surface area contributed by atoms with E-state index >= 15 is 0 Å². The van der Waals surface area contributed by atoms with Crippen molar-refractivity contribution in [3.8, 4) is 0 Å². The number of halogens is 1. The van der Waals surface area contributed by atoms with Crippen LogP contribution in [0.3, 0.4) is 0 Å². The first-order valence-corrected chi connectivity index (χ1v) is 6.60. The molecule has 0 radical (unpaired) electrons.